The van der Waals surface area contributed by atoms with Gasteiger partial charge in [0, 0.05) is 12.7 Å². The van der Waals surface area contributed by atoms with E-state index < -0.39 is 5.82 Å². The first-order valence-electron chi connectivity index (χ1n) is 9.90. The van der Waals surface area contributed by atoms with E-state index in [4.69, 9.17) is 9.47 Å². The van der Waals surface area contributed by atoms with E-state index in [-0.39, 0.29) is 5.91 Å². The molecule has 1 aromatic carbocycles. The van der Waals surface area contributed by atoms with Gasteiger partial charge in [0.2, 0.25) is 0 Å². The maximum absolute atomic E-state index is 13.7. The average Bonchev–Trinajstić information content (AvgIpc) is 3.08. The van der Waals surface area contributed by atoms with Gasteiger partial charge < -0.3 is 14.8 Å². The van der Waals surface area contributed by atoms with Crippen molar-refractivity contribution in [1.82, 2.24) is 14.7 Å². The quantitative estimate of drug-likeness (QED) is 0.594. The smallest absolute Gasteiger partial charge is 0.270 e. The van der Waals surface area contributed by atoms with Crippen molar-refractivity contribution in [3.63, 3.8) is 0 Å². The zero-order valence-electron chi connectivity index (χ0n) is 17.0. The minimum Gasteiger partial charge on any atom is -0.490 e. The second kappa shape index (κ2) is 9.41. The largest absolute Gasteiger partial charge is 0.490 e. The number of benzene rings is 1. The Hall–Kier alpha value is -3.09. The molecule has 0 atom stereocenters. The monoisotopic (exact) mass is 399 g/mol. The predicted octanol–water partition coefficient (Wildman–Crippen LogP) is 3.81. The molecule has 3 aromatic rings. The lowest BCUT2D eigenvalue weighted by Gasteiger charge is -2.13. The van der Waals surface area contributed by atoms with E-state index in [0.717, 1.165) is 5.56 Å². The van der Waals surface area contributed by atoms with Gasteiger partial charge in [-0.15, -0.1) is 0 Å². The number of nitrogens with one attached hydrogen (secondary N) is 1. The van der Waals surface area contributed by atoms with Gasteiger partial charge in [0.05, 0.1) is 18.9 Å². The van der Waals surface area contributed by atoms with E-state index in [2.05, 4.69) is 10.3 Å². The summed E-state index contributed by atoms with van der Waals surface area (Å²) in [5.41, 5.74) is 2.61. The molecule has 2 aromatic heterocycles. The van der Waals surface area contributed by atoms with Crippen molar-refractivity contribution in [1.29, 1.82) is 0 Å². The van der Waals surface area contributed by atoms with Crippen LogP contribution >= 0.6 is 0 Å². The number of pyridine rings is 1. The Kier molecular flexibility index (Phi) is 6.69. The molecular weight excluding hydrogens is 373 g/mol. The van der Waals surface area contributed by atoms with Gasteiger partial charge in [-0.25, -0.2) is 9.37 Å². The zero-order valence-corrected chi connectivity index (χ0v) is 17.0. The van der Waals surface area contributed by atoms with Crippen LogP contribution in [0.5, 0.6) is 11.5 Å². The van der Waals surface area contributed by atoms with E-state index in [9.17, 15) is 9.18 Å². The first-order chi connectivity index (χ1) is 14.1. The third-order valence-electron chi connectivity index (χ3n) is 4.51. The number of rotatable bonds is 9. The van der Waals surface area contributed by atoms with Crippen molar-refractivity contribution < 1.29 is 18.7 Å². The number of aryl methyl sites for hydroxylation is 1. The SMILES string of the molecule is CCOc1ccc(CCNC(=O)c2c(CC)nc3ccc(F)cn23)cc1OCC. The molecule has 1 N–H and O–H groups in total. The van der Waals surface area contributed by atoms with Crippen LogP contribution in [0.4, 0.5) is 4.39 Å². The van der Waals surface area contributed by atoms with Gasteiger partial charge in [0.25, 0.3) is 5.91 Å². The third-order valence-corrected chi connectivity index (χ3v) is 4.51. The second-order valence-electron chi connectivity index (χ2n) is 6.49. The molecule has 29 heavy (non-hydrogen) atoms. The molecule has 0 spiro atoms. The molecule has 154 valence electrons. The minimum atomic E-state index is -0.413. The first kappa shape index (κ1) is 20.6. The Morgan fingerprint density at radius 2 is 1.86 bits per heavy atom. The van der Waals surface area contributed by atoms with Crippen LogP contribution in [-0.4, -0.2) is 35.1 Å². The van der Waals surface area contributed by atoms with Gasteiger partial charge in [-0.3, -0.25) is 9.20 Å². The number of carbonyl (C=O) groups excluding carboxylic acids is 1. The normalized spacial score (nSPS) is 10.9. The van der Waals surface area contributed by atoms with Crippen LogP contribution in [0.2, 0.25) is 0 Å². The maximum Gasteiger partial charge on any atom is 0.270 e. The molecule has 3 rings (SSSR count). The molecule has 0 aliphatic rings. The predicted molar refractivity (Wildman–Crippen MR) is 109 cm³/mol. The average molecular weight is 399 g/mol. The topological polar surface area (TPSA) is 64.9 Å². The van der Waals surface area contributed by atoms with Gasteiger partial charge in [-0.1, -0.05) is 13.0 Å². The number of ether oxygens (including phenoxy) is 2. The number of hydrogen-bond acceptors (Lipinski definition) is 4. The first-order valence-corrected chi connectivity index (χ1v) is 9.90. The van der Waals surface area contributed by atoms with Gasteiger partial charge in [0.1, 0.15) is 17.2 Å². The standard InChI is InChI=1S/C22H26FN3O3/c1-4-17-21(26-14-16(23)8-10-20(26)25-17)22(27)24-12-11-15-7-9-18(28-5-2)19(13-15)29-6-3/h7-10,13-14H,4-6,11-12H2,1-3H3,(H,24,27). The molecule has 1 amide bonds. The molecule has 0 unspecified atom stereocenters. The van der Waals surface area contributed by atoms with Gasteiger partial charge in [-0.2, -0.15) is 0 Å². The molecule has 0 aliphatic heterocycles. The molecule has 7 heteroatoms. The van der Waals surface area contributed by atoms with Crippen LogP contribution in [0, 0.1) is 5.82 Å². The van der Waals surface area contributed by atoms with Crippen molar-refractivity contribution in [3.8, 4) is 11.5 Å². The zero-order chi connectivity index (χ0) is 20.8. The Morgan fingerprint density at radius 3 is 2.59 bits per heavy atom. The number of imidazole rings is 1. The molecule has 0 radical (unpaired) electrons. The summed E-state index contributed by atoms with van der Waals surface area (Å²) in [6.07, 6.45) is 2.50. The van der Waals surface area contributed by atoms with Crippen LogP contribution in [0.1, 0.15) is 42.5 Å². The second-order valence-corrected chi connectivity index (χ2v) is 6.49. The van der Waals surface area contributed by atoms with E-state index in [1.165, 1.54) is 16.7 Å². The molecule has 0 aliphatic carbocycles. The number of nitrogens with zero attached hydrogens (tertiary/aromatic N) is 2. The number of hydrogen-bond donors (Lipinski definition) is 1. The summed E-state index contributed by atoms with van der Waals surface area (Å²) in [6, 6.07) is 8.68. The lowest BCUT2D eigenvalue weighted by molar-refractivity contribution is 0.0947. The van der Waals surface area contributed by atoms with Crippen molar-refractivity contribution >= 4 is 11.6 Å². The summed E-state index contributed by atoms with van der Waals surface area (Å²) in [5, 5.41) is 2.92. The van der Waals surface area contributed by atoms with Gasteiger partial charge in [-0.05, 0) is 56.5 Å². The highest BCUT2D eigenvalue weighted by atomic mass is 19.1. The summed E-state index contributed by atoms with van der Waals surface area (Å²) < 4.78 is 26.4. The maximum atomic E-state index is 13.7. The number of fused-ring (bicyclic) bond motifs is 1. The van der Waals surface area contributed by atoms with Gasteiger partial charge >= 0.3 is 0 Å². The van der Waals surface area contributed by atoms with Crippen LogP contribution in [0.15, 0.2) is 36.5 Å². The van der Waals surface area contributed by atoms with E-state index in [1.807, 2.05) is 39.0 Å². The summed E-state index contributed by atoms with van der Waals surface area (Å²) in [4.78, 5) is 17.2. The van der Waals surface area contributed by atoms with Crippen LogP contribution in [-0.2, 0) is 12.8 Å². The van der Waals surface area contributed by atoms with Crippen molar-refractivity contribution in [2.24, 2.45) is 0 Å². The summed E-state index contributed by atoms with van der Waals surface area (Å²) in [7, 11) is 0. The molecule has 0 saturated carbocycles. The summed E-state index contributed by atoms with van der Waals surface area (Å²) >= 11 is 0. The van der Waals surface area contributed by atoms with Crippen LogP contribution in [0.25, 0.3) is 5.65 Å². The van der Waals surface area contributed by atoms with E-state index in [0.29, 0.717) is 61.1 Å². The lowest BCUT2D eigenvalue weighted by atomic mass is 10.1. The molecular formula is C22H26FN3O3. The number of amides is 1. The minimum absolute atomic E-state index is 0.268. The molecule has 0 saturated heterocycles. The highest BCUT2D eigenvalue weighted by molar-refractivity contribution is 5.94. The molecule has 0 fully saturated rings. The Labute approximate surface area is 169 Å². The third kappa shape index (κ3) is 4.67. The highest BCUT2D eigenvalue weighted by Gasteiger charge is 2.18. The van der Waals surface area contributed by atoms with Crippen LogP contribution < -0.4 is 14.8 Å². The van der Waals surface area contributed by atoms with E-state index >= 15 is 0 Å². The molecule has 0 bridgehead atoms. The fourth-order valence-electron chi connectivity index (χ4n) is 3.21. The van der Waals surface area contributed by atoms with E-state index in [1.54, 1.807) is 6.07 Å². The molecule has 2 heterocycles. The fourth-order valence-corrected chi connectivity index (χ4v) is 3.21. The number of halogens is 1. The van der Waals surface area contributed by atoms with Gasteiger partial charge in [0.15, 0.2) is 11.5 Å². The number of aromatic nitrogens is 2. The fraction of sp³-hybridized carbons (Fsp3) is 0.364. The van der Waals surface area contributed by atoms with Crippen molar-refractivity contribution in [2.45, 2.75) is 33.6 Å². The van der Waals surface area contributed by atoms with Crippen LogP contribution in [0.3, 0.4) is 0 Å². The lowest BCUT2D eigenvalue weighted by Crippen LogP contribution is -2.27. The van der Waals surface area contributed by atoms with Crippen molar-refractivity contribution in [2.75, 3.05) is 19.8 Å². The molecule has 6 nitrogen and oxygen atoms in total. The summed E-state index contributed by atoms with van der Waals surface area (Å²) in [5.74, 6) is 0.728. The Bertz CT molecular complexity index is 1000. The number of carbonyl (C=O) groups is 1. The summed E-state index contributed by atoms with van der Waals surface area (Å²) in [6.45, 7) is 7.32. The Balaban J connectivity index is 1.71. The highest BCUT2D eigenvalue weighted by Crippen LogP contribution is 2.28. The Morgan fingerprint density at radius 1 is 1.10 bits per heavy atom. The van der Waals surface area contributed by atoms with Crippen molar-refractivity contribution in [3.05, 3.63) is 59.3 Å².